The molecule has 0 saturated heterocycles. The summed E-state index contributed by atoms with van der Waals surface area (Å²) in [6, 6.07) is 0. The highest BCUT2D eigenvalue weighted by molar-refractivity contribution is 7.09. The van der Waals surface area contributed by atoms with E-state index in [0.29, 0.717) is 0 Å². The van der Waals surface area contributed by atoms with E-state index in [-0.39, 0.29) is 5.54 Å². The first-order valence-corrected chi connectivity index (χ1v) is 4.63. The van der Waals surface area contributed by atoms with E-state index in [4.69, 9.17) is 6.42 Å². The molecule has 0 bridgehead atoms. The van der Waals surface area contributed by atoms with Gasteiger partial charge in [0.1, 0.15) is 5.01 Å². The van der Waals surface area contributed by atoms with Gasteiger partial charge in [-0.1, -0.05) is 5.92 Å². The first kappa shape index (κ1) is 9.24. The van der Waals surface area contributed by atoms with Crippen molar-refractivity contribution in [2.75, 3.05) is 0 Å². The molecule has 1 aromatic heterocycles. The number of hydrogen-bond acceptors (Lipinski definition) is 3. The second kappa shape index (κ2) is 3.70. The molecule has 2 nitrogen and oxygen atoms in total. The molecule has 12 heavy (non-hydrogen) atoms. The third kappa shape index (κ3) is 2.65. The van der Waals surface area contributed by atoms with Crippen LogP contribution in [0.25, 0.3) is 0 Å². The van der Waals surface area contributed by atoms with Gasteiger partial charge in [-0.25, -0.2) is 4.98 Å². The van der Waals surface area contributed by atoms with Crippen LogP contribution in [-0.4, -0.2) is 10.5 Å². The molecule has 0 amide bonds. The summed E-state index contributed by atoms with van der Waals surface area (Å²) >= 11 is 1.63. The number of nitrogens with one attached hydrogen (secondary N) is 1. The van der Waals surface area contributed by atoms with Crippen molar-refractivity contribution in [3.63, 3.8) is 0 Å². The van der Waals surface area contributed by atoms with Crippen LogP contribution in [0.5, 0.6) is 0 Å². The monoisotopic (exact) mass is 180 g/mol. The third-order valence-electron chi connectivity index (χ3n) is 1.53. The van der Waals surface area contributed by atoms with Crippen LogP contribution in [0.4, 0.5) is 0 Å². The van der Waals surface area contributed by atoms with Crippen molar-refractivity contribution in [2.24, 2.45) is 0 Å². The molecule has 1 N–H and O–H groups in total. The highest BCUT2D eigenvalue weighted by Crippen LogP contribution is 2.06. The maximum Gasteiger partial charge on any atom is 0.106 e. The van der Waals surface area contributed by atoms with Crippen molar-refractivity contribution >= 4 is 11.3 Å². The molecule has 0 radical (unpaired) electrons. The predicted octanol–water partition coefficient (Wildman–Crippen LogP) is 1.64. The molecule has 0 aliphatic carbocycles. The largest absolute Gasteiger partial charge is 0.295 e. The summed E-state index contributed by atoms with van der Waals surface area (Å²) in [6.45, 7) is 4.69. The van der Waals surface area contributed by atoms with E-state index in [1.807, 2.05) is 19.2 Å². The molecule has 0 aliphatic heterocycles. The molecule has 3 heteroatoms. The molecule has 64 valence electrons. The first-order valence-electron chi connectivity index (χ1n) is 3.75. The van der Waals surface area contributed by atoms with Crippen LogP contribution in [0, 0.1) is 12.3 Å². The number of nitrogens with zero attached hydrogens (tertiary/aromatic N) is 1. The molecular formula is C9H12N2S. The Labute approximate surface area is 77.0 Å². The molecule has 0 aromatic carbocycles. The summed E-state index contributed by atoms with van der Waals surface area (Å²) in [5, 5.41) is 6.25. The lowest BCUT2D eigenvalue weighted by Gasteiger charge is -2.18. The van der Waals surface area contributed by atoms with Gasteiger partial charge in [-0.3, -0.25) is 5.32 Å². The normalized spacial score (nSPS) is 11.1. The molecule has 1 rings (SSSR count). The summed E-state index contributed by atoms with van der Waals surface area (Å²) in [5.74, 6) is 2.67. The topological polar surface area (TPSA) is 24.9 Å². The lowest BCUT2D eigenvalue weighted by molar-refractivity contribution is 0.490. The lowest BCUT2D eigenvalue weighted by Crippen LogP contribution is -2.36. The Morgan fingerprint density at radius 2 is 2.50 bits per heavy atom. The SMILES string of the molecule is C#CC(C)(C)NCc1nccs1. The van der Waals surface area contributed by atoms with Gasteiger partial charge < -0.3 is 0 Å². The minimum Gasteiger partial charge on any atom is -0.295 e. The average Bonchev–Trinajstić information content (AvgIpc) is 2.53. The third-order valence-corrected chi connectivity index (χ3v) is 2.31. The van der Waals surface area contributed by atoms with E-state index < -0.39 is 0 Å². The number of terminal acetylenes is 1. The second-order valence-corrected chi connectivity index (χ2v) is 4.03. The van der Waals surface area contributed by atoms with Crippen LogP contribution >= 0.6 is 11.3 Å². The highest BCUT2D eigenvalue weighted by Gasteiger charge is 2.12. The molecule has 1 heterocycles. The predicted molar refractivity (Wildman–Crippen MR) is 51.9 cm³/mol. The van der Waals surface area contributed by atoms with Crippen LogP contribution in [0.1, 0.15) is 18.9 Å². The Balaban J connectivity index is 2.42. The van der Waals surface area contributed by atoms with Crippen molar-refractivity contribution in [3.05, 3.63) is 16.6 Å². The quantitative estimate of drug-likeness (QED) is 0.715. The Morgan fingerprint density at radius 3 is 3.00 bits per heavy atom. The molecule has 0 atom stereocenters. The summed E-state index contributed by atoms with van der Waals surface area (Å²) in [7, 11) is 0. The number of rotatable bonds is 3. The number of aromatic nitrogens is 1. The van der Waals surface area contributed by atoms with Gasteiger partial charge in [-0.05, 0) is 13.8 Å². The van der Waals surface area contributed by atoms with Crippen LogP contribution in [0.2, 0.25) is 0 Å². The average molecular weight is 180 g/mol. The maximum atomic E-state index is 5.32. The molecule has 0 aliphatic rings. The fraction of sp³-hybridized carbons (Fsp3) is 0.444. The van der Waals surface area contributed by atoms with Gasteiger partial charge in [0, 0.05) is 18.1 Å². The van der Waals surface area contributed by atoms with E-state index in [1.165, 1.54) is 0 Å². The molecule has 1 aromatic rings. The van der Waals surface area contributed by atoms with Gasteiger partial charge >= 0.3 is 0 Å². The van der Waals surface area contributed by atoms with E-state index >= 15 is 0 Å². The van der Waals surface area contributed by atoms with Crippen molar-refractivity contribution in [1.82, 2.24) is 10.3 Å². The van der Waals surface area contributed by atoms with E-state index in [1.54, 1.807) is 17.5 Å². The minimum atomic E-state index is -0.244. The Bertz CT molecular complexity index is 269. The fourth-order valence-electron chi connectivity index (χ4n) is 0.688. The van der Waals surface area contributed by atoms with Gasteiger partial charge in [0.15, 0.2) is 0 Å². The second-order valence-electron chi connectivity index (χ2n) is 3.05. The van der Waals surface area contributed by atoms with Gasteiger partial charge in [0.25, 0.3) is 0 Å². The van der Waals surface area contributed by atoms with E-state index in [0.717, 1.165) is 11.6 Å². The first-order chi connectivity index (χ1) is 5.64. The zero-order chi connectivity index (χ0) is 9.03. The van der Waals surface area contributed by atoms with Gasteiger partial charge in [0.05, 0.1) is 5.54 Å². The lowest BCUT2D eigenvalue weighted by atomic mass is 10.1. The summed E-state index contributed by atoms with van der Waals surface area (Å²) in [4.78, 5) is 4.14. The summed E-state index contributed by atoms with van der Waals surface area (Å²) in [6.07, 6.45) is 7.11. The van der Waals surface area contributed by atoms with Crippen LogP contribution < -0.4 is 5.32 Å². The molecular weight excluding hydrogens is 168 g/mol. The Kier molecular flexibility index (Phi) is 2.85. The molecule has 0 unspecified atom stereocenters. The fourth-order valence-corrected chi connectivity index (χ4v) is 1.24. The zero-order valence-electron chi connectivity index (χ0n) is 7.29. The van der Waals surface area contributed by atoms with Crippen LogP contribution in [0.15, 0.2) is 11.6 Å². The molecule has 0 saturated carbocycles. The van der Waals surface area contributed by atoms with Gasteiger partial charge in [-0.2, -0.15) is 0 Å². The van der Waals surface area contributed by atoms with Crippen molar-refractivity contribution in [2.45, 2.75) is 25.9 Å². The van der Waals surface area contributed by atoms with E-state index in [9.17, 15) is 0 Å². The zero-order valence-corrected chi connectivity index (χ0v) is 8.11. The van der Waals surface area contributed by atoms with Crippen molar-refractivity contribution in [1.29, 1.82) is 0 Å². The summed E-state index contributed by atoms with van der Waals surface area (Å²) < 4.78 is 0. The van der Waals surface area contributed by atoms with Crippen molar-refractivity contribution < 1.29 is 0 Å². The Morgan fingerprint density at radius 1 is 1.75 bits per heavy atom. The standard InChI is InChI=1S/C9H12N2S/c1-4-9(2,3)11-7-8-10-5-6-12-8/h1,5-6,11H,7H2,2-3H3. The van der Waals surface area contributed by atoms with Gasteiger partial charge in [-0.15, -0.1) is 17.8 Å². The Hall–Kier alpha value is -0.850. The molecule has 0 spiro atoms. The molecule has 0 fully saturated rings. The number of thiazole rings is 1. The van der Waals surface area contributed by atoms with Gasteiger partial charge in [0.2, 0.25) is 0 Å². The van der Waals surface area contributed by atoms with Crippen LogP contribution in [-0.2, 0) is 6.54 Å². The van der Waals surface area contributed by atoms with E-state index in [2.05, 4.69) is 16.2 Å². The maximum absolute atomic E-state index is 5.32. The smallest absolute Gasteiger partial charge is 0.106 e. The van der Waals surface area contributed by atoms with Crippen molar-refractivity contribution in [3.8, 4) is 12.3 Å². The summed E-state index contributed by atoms with van der Waals surface area (Å²) in [5.41, 5.74) is -0.244. The van der Waals surface area contributed by atoms with Crippen LogP contribution in [0.3, 0.4) is 0 Å². The number of hydrogen-bond donors (Lipinski definition) is 1. The minimum absolute atomic E-state index is 0.244. The highest BCUT2D eigenvalue weighted by atomic mass is 32.1.